The Hall–Kier alpha value is -1.55. The van der Waals surface area contributed by atoms with E-state index in [9.17, 15) is 4.79 Å². The number of rotatable bonds is 3. The number of fused-ring (bicyclic) bond motifs is 1. The van der Waals surface area contributed by atoms with Crippen LogP contribution in [0.1, 0.15) is 22.3 Å². The van der Waals surface area contributed by atoms with E-state index in [1.807, 2.05) is 19.1 Å². The smallest absolute Gasteiger partial charge is 0.172 e. The predicted molar refractivity (Wildman–Crippen MR) is 60.2 cm³/mol. The number of aryl methyl sites for hydroxylation is 1. The third-order valence-corrected chi connectivity index (χ3v) is 2.57. The van der Waals surface area contributed by atoms with Crippen molar-refractivity contribution in [1.82, 2.24) is 0 Å². The number of hydrogen-bond acceptors (Lipinski definition) is 4. The predicted octanol–water partition coefficient (Wildman–Crippen LogP) is 1.30. The Kier molecular flexibility index (Phi) is 3.10. The summed E-state index contributed by atoms with van der Waals surface area (Å²) in [5, 5.41) is 0. The molecule has 0 saturated carbocycles. The van der Waals surface area contributed by atoms with Crippen molar-refractivity contribution in [1.29, 1.82) is 0 Å². The molecule has 0 bridgehead atoms. The summed E-state index contributed by atoms with van der Waals surface area (Å²) in [6.07, 6.45) is 0.334. The lowest BCUT2D eigenvalue weighted by molar-refractivity contribution is 0.0973. The molecule has 0 aromatic heterocycles. The molecule has 1 aromatic carbocycles. The second-order valence-electron chi connectivity index (χ2n) is 3.74. The summed E-state index contributed by atoms with van der Waals surface area (Å²) in [5.74, 6) is 1.24. The maximum absolute atomic E-state index is 11.9. The molecule has 4 nitrogen and oxygen atoms in total. The Bertz CT molecular complexity index is 415. The SMILES string of the molecule is Cc1ccc2c(c1C(=O)CCN)OCCO2. The van der Waals surface area contributed by atoms with Crippen LogP contribution >= 0.6 is 0 Å². The highest BCUT2D eigenvalue weighted by Crippen LogP contribution is 2.36. The topological polar surface area (TPSA) is 61.6 Å². The Morgan fingerprint density at radius 3 is 2.88 bits per heavy atom. The van der Waals surface area contributed by atoms with Gasteiger partial charge in [0.1, 0.15) is 13.2 Å². The van der Waals surface area contributed by atoms with E-state index in [1.54, 1.807) is 0 Å². The zero-order chi connectivity index (χ0) is 11.5. The fourth-order valence-electron chi connectivity index (χ4n) is 1.82. The van der Waals surface area contributed by atoms with Crippen molar-refractivity contribution in [3.05, 3.63) is 23.3 Å². The lowest BCUT2D eigenvalue weighted by Crippen LogP contribution is -2.19. The highest BCUT2D eigenvalue weighted by molar-refractivity contribution is 6.01. The third-order valence-electron chi connectivity index (χ3n) is 2.57. The molecular weight excluding hydrogens is 206 g/mol. The number of hydrogen-bond donors (Lipinski definition) is 1. The van der Waals surface area contributed by atoms with Gasteiger partial charge in [-0.15, -0.1) is 0 Å². The van der Waals surface area contributed by atoms with Crippen LogP contribution in [0.3, 0.4) is 0 Å². The molecule has 0 amide bonds. The second kappa shape index (κ2) is 4.53. The zero-order valence-electron chi connectivity index (χ0n) is 9.29. The van der Waals surface area contributed by atoms with Crippen molar-refractivity contribution in [3.8, 4) is 11.5 Å². The Morgan fingerprint density at radius 2 is 2.12 bits per heavy atom. The van der Waals surface area contributed by atoms with Gasteiger partial charge in [-0.25, -0.2) is 0 Å². The summed E-state index contributed by atoms with van der Waals surface area (Å²) < 4.78 is 11.0. The van der Waals surface area contributed by atoms with Crippen LogP contribution in [0.25, 0.3) is 0 Å². The molecule has 0 radical (unpaired) electrons. The first-order chi connectivity index (χ1) is 7.74. The lowest BCUT2D eigenvalue weighted by atomic mass is 10.0. The molecule has 4 heteroatoms. The molecule has 1 aliphatic rings. The first-order valence-electron chi connectivity index (χ1n) is 5.36. The van der Waals surface area contributed by atoms with Crippen molar-refractivity contribution < 1.29 is 14.3 Å². The molecule has 0 saturated heterocycles. The minimum absolute atomic E-state index is 0.0161. The molecular formula is C12H15NO3. The highest BCUT2D eigenvalue weighted by Gasteiger charge is 2.21. The first kappa shape index (κ1) is 11.0. The highest BCUT2D eigenvalue weighted by atomic mass is 16.6. The zero-order valence-corrected chi connectivity index (χ0v) is 9.29. The number of Topliss-reactive ketones (excluding diaryl/α,β-unsaturated/α-hetero) is 1. The van der Waals surface area contributed by atoms with Gasteiger partial charge < -0.3 is 15.2 Å². The fraction of sp³-hybridized carbons (Fsp3) is 0.417. The van der Waals surface area contributed by atoms with Gasteiger partial charge in [-0.3, -0.25) is 4.79 Å². The first-order valence-corrected chi connectivity index (χ1v) is 5.36. The second-order valence-corrected chi connectivity index (χ2v) is 3.74. The summed E-state index contributed by atoms with van der Waals surface area (Å²) in [6, 6.07) is 3.71. The maximum atomic E-state index is 11.9. The van der Waals surface area contributed by atoms with Crippen LogP contribution in [0.2, 0.25) is 0 Å². The monoisotopic (exact) mass is 221 g/mol. The lowest BCUT2D eigenvalue weighted by Gasteiger charge is -2.21. The van der Waals surface area contributed by atoms with Crippen molar-refractivity contribution in [2.24, 2.45) is 5.73 Å². The van der Waals surface area contributed by atoms with E-state index in [-0.39, 0.29) is 5.78 Å². The van der Waals surface area contributed by atoms with Gasteiger partial charge >= 0.3 is 0 Å². The maximum Gasteiger partial charge on any atom is 0.172 e. The fourth-order valence-corrected chi connectivity index (χ4v) is 1.82. The summed E-state index contributed by atoms with van der Waals surface area (Å²) in [4.78, 5) is 11.9. The average molecular weight is 221 g/mol. The van der Waals surface area contributed by atoms with Crippen LogP contribution in [-0.2, 0) is 0 Å². The number of ketones is 1. The van der Waals surface area contributed by atoms with E-state index < -0.39 is 0 Å². The summed E-state index contributed by atoms with van der Waals surface area (Å²) in [5.41, 5.74) is 6.92. The van der Waals surface area contributed by atoms with Gasteiger partial charge in [0.05, 0.1) is 5.56 Å². The molecule has 1 heterocycles. The molecule has 16 heavy (non-hydrogen) atoms. The molecule has 86 valence electrons. The molecule has 2 N–H and O–H groups in total. The Morgan fingerprint density at radius 1 is 1.38 bits per heavy atom. The Labute approximate surface area is 94.3 Å². The number of ether oxygens (including phenoxy) is 2. The summed E-state index contributed by atoms with van der Waals surface area (Å²) in [6.45, 7) is 3.25. The van der Waals surface area contributed by atoms with E-state index >= 15 is 0 Å². The van der Waals surface area contributed by atoms with E-state index in [0.29, 0.717) is 43.2 Å². The van der Waals surface area contributed by atoms with Gasteiger partial charge in [-0.1, -0.05) is 6.07 Å². The normalized spacial score (nSPS) is 13.6. The number of benzene rings is 1. The summed E-state index contributed by atoms with van der Waals surface area (Å²) >= 11 is 0. The molecule has 0 unspecified atom stereocenters. The van der Waals surface area contributed by atoms with E-state index in [0.717, 1.165) is 5.56 Å². The molecule has 0 spiro atoms. The summed E-state index contributed by atoms with van der Waals surface area (Å²) in [7, 11) is 0. The van der Waals surface area contributed by atoms with Gasteiger partial charge in [0, 0.05) is 6.42 Å². The van der Waals surface area contributed by atoms with Crippen LogP contribution < -0.4 is 15.2 Å². The molecule has 0 atom stereocenters. The van der Waals surface area contributed by atoms with Gasteiger partial charge in [0.15, 0.2) is 17.3 Å². The van der Waals surface area contributed by atoms with Crippen LogP contribution in [0, 0.1) is 6.92 Å². The average Bonchev–Trinajstić information content (AvgIpc) is 2.29. The van der Waals surface area contributed by atoms with Crippen LogP contribution in [0.4, 0.5) is 0 Å². The molecule has 1 aromatic rings. The minimum Gasteiger partial charge on any atom is -0.486 e. The number of nitrogens with two attached hydrogens (primary N) is 1. The molecule has 2 rings (SSSR count). The van der Waals surface area contributed by atoms with E-state index in [4.69, 9.17) is 15.2 Å². The van der Waals surface area contributed by atoms with Gasteiger partial charge in [-0.2, -0.15) is 0 Å². The van der Waals surface area contributed by atoms with Gasteiger partial charge in [0.2, 0.25) is 0 Å². The third kappa shape index (κ3) is 1.88. The molecule has 0 fully saturated rings. The van der Waals surface area contributed by atoms with Crippen molar-refractivity contribution >= 4 is 5.78 Å². The van der Waals surface area contributed by atoms with Crippen LogP contribution in [-0.4, -0.2) is 25.5 Å². The van der Waals surface area contributed by atoms with E-state index in [2.05, 4.69) is 0 Å². The van der Waals surface area contributed by atoms with Crippen molar-refractivity contribution in [2.45, 2.75) is 13.3 Å². The number of carbonyl (C=O) groups excluding carboxylic acids is 1. The number of carbonyl (C=O) groups is 1. The molecule has 1 aliphatic heterocycles. The van der Waals surface area contributed by atoms with Gasteiger partial charge in [-0.05, 0) is 25.1 Å². The minimum atomic E-state index is 0.0161. The van der Waals surface area contributed by atoms with E-state index in [1.165, 1.54) is 0 Å². The Balaban J connectivity index is 2.45. The quantitative estimate of drug-likeness (QED) is 0.781. The van der Waals surface area contributed by atoms with Crippen molar-refractivity contribution in [2.75, 3.05) is 19.8 Å². The van der Waals surface area contributed by atoms with Crippen LogP contribution in [0.15, 0.2) is 12.1 Å². The van der Waals surface area contributed by atoms with Crippen LogP contribution in [0.5, 0.6) is 11.5 Å². The van der Waals surface area contributed by atoms with Crippen molar-refractivity contribution in [3.63, 3.8) is 0 Å². The largest absolute Gasteiger partial charge is 0.486 e. The van der Waals surface area contributed by atoms with Gasteiger partial charge in [0.25, 0.3) is 0 Å². The molecule has 0 aliphatic carbocycles. The standard InChI is InChI=1S/C12H15NO3/c1-8-2-3-10-12(16-7-6-15-10)11(8)9(14)4-5-13/h2-3H,4-7,13H2,1H3.